The maximum absolute atomic E-state index is 14.2. The monoisotopic (exact) mass is 247 g/mol. The quantitative estimate of drug-likeness (QED) is 0.813. The van der Waals surface area contributed by atoms with Crippen molar-refractivity contribution in [1.82, 2.24) is 0 Å². The van der Waals surface area contributed by atoms with Crippen LogP contribution in [0.15, 0.2) is 24.3 Å². The fourth-order valence-electron chi connectivity index (χ4n) is 2.03. The van der Waals surface area contributed by atoms with E-state index in [1.165, 1.54) is 18.2 Å². The van der Waals surface area contributed by atoms with Gasteiger partial charge in [0.15, 0.2) is 0 Å². The SMILES string of the molecule is NCC1(C(F)c2ccccc2C(F)(F)F)CC1. The van der Waals surface area contributed by atoms with Crippen molar-refractivity contribution in [2.24, 2.45) is 11.1 Å². The standard InChI is InChI=1S/C12H13F4N/c13-10(11(7-17)5-6-11)8-3-1-2-4-9(8)12(14,15)16/h1-4,10H,5-7,17H2. The van der Waals surface area contributed by atoms with Gasteiger partial charge in [0.05, 0.1) is 5.56 Å². The molecule has 0 aliphatic heterocycles. The van der Waals surface area contributed by atoms with E-state index in [1.807, 2.05) is 0 Å². The fourth-order valence-corrected chi connectivity index (χ4v) is 2.03. The second-order valence-electron chi connectivity index (χ2n) is 4.51. The summed E-state index contributed by atoms with van der Waals surface area (Å²) < 4.78 is 52.4. The first-order valence-electron chi connectivity index (χ1n) is 5.41. The van der Waals surface area contributed by atoms with Gasteiger partial charge in [0.2, 0.25) is 0 Å². The third kappa shape index (κ3) is 2.16. The molecule has 5 heteroatoms. The minimum atomic E-state index is -4.52. The zero-order valence-electron chi connectivity index (χ0n) is 9.10. The van der Waals surface area contributed by atoms with Gasteiger partial charge in [-0.05, 0) is 24.5 Å². The Labute approximate surface area is 96.6 Å². The normalized spacial score (nSPS) is 20.1. The first kappa shape index (κ1) is 12.4. The summed E-state index contributed by atoms with van der Waals surface area (Å²) in [4.78, 5) is 0. The Kier molecular flexibility index (Phi) is 2.89. The average molecular weight is 247 g/mol. The van der Waals surface area contributed by atoms with Gasteiger partial charge < -0.3 is 5.73 Å². The molecule has 1 unspecified atom stereocenters. The molecule has 1 aliphatic carbocycles. The minimum absolute atomic E-state index is 0.0837. The maximum atomic E-state index is 14.2. The van der Waals surface area contributed by atoms with E-state index < -0.39 is 23.3 Å². The molecule has 0 heterocycles. The lowest BCUT2D eigenvalue weighted by Gasteiger charge is -2.22. The molecule has 0 amide bonds. The van der Waals surface area contributed by atoms with Crippen molar-refractivity contribution >= 4 is 0 Å². The Balaban J connectivity index is 2.39. The average Bonchev–Trinajstić information content (AvgIpc) is 3.08. The summed E-state index contributed by atoms with van der Waals surface area (Å²) in [6.45, 7) is 0.0837. The molecule has 1 nitrogen and oxygen atoms in total. The number of benzene rings is 1. The van der Waals surface area contributed by atoms with Crippen molar-refractivity contribution in [3.8, 4) is 0 Å². The van der Waals surface area contributed by atoms with Crippen LogP contribution < -0.4 is 5.73 Å². The molecule has 1 aromatic rings. The predicted molar refractivity (Wildman–Crippen MR) is 56.0 cm³/mol. The van der Waals surface area contributed by atoms with Gasteiger partial charge >= 0.3 is 6.18 Å². The molecular formula is C12H13F4N. The molecule has 2 N–H and O–H groups in total. The molecule has 0 radical (unpaired) electrons. The Morgan fingerprint density at radius 3 is 2.29 bits per heavy atom. The van der Waals surface area contributed by atoms with E-state index in [9.17, 15) is 17.6 Å². The highest BCUT2D eigenvalue weighted by Gasteiger charge is 2.51. The topological polar surface area (TPSA) is 26.0 Å². The van der Waals surface area contributed by atoms with Crippen molar-refractivity contribution < 1.29 is 17.6 Å². The summed E-state index contributed by atoms with van der Waals surface area (Å²) in [6, 6.07) is 4.79. The van der Waals surface area contributed by atoms with Gasteiger partial charge in [-0.15, -0.1) is 0 Å². The number of nitrogens with two attached hydrogens (primary N) is 1. The molecular weight excluding hydrogens is 234 g/mol. The van der Waals surface area contributed by atoms with Crippen LogP contribution in [-0.4, -0.2) is 6.54 Å². The zero-order chi connectivity index (χ0) is 12.7. The van der Waals surface area contributed by atoms with Crippen LogP contribution in [0.4, 0.5) is 17.6 Å². The molecule has 1 aromatic carbocycles. The summed E-state index contributed by atoms with van der Waals surface area (Å²) >= 11 is 0. The first-order valence-corrected chi connectivity index (χ1v) is 5.41. The lowest BCUT2D eigenvalue weighted by atomic mass is 9.91. The zero-order valence-corrected chi connectivity index (χ0v) is 9.10. The van der Waals surface area contributed by atoms with Gasteiger partial charge in [-0.1, -0.05) is 18.2 Å². The molecule has 94 valence electrons. The first-order chi connectivity index (χ1) is 7.91. The highest BCUT2D eigenvalue weighted by Crippen LogP contribution is 2.57. The highest BCUT2D eigenvalue weighted by molar-refractivity contribution is 5.34. The van der Waals surface area contributed by atoms with Crippen LogP contribution in [-0.2, 0) is 6.18 Å². The minimum Gasteiger partial charge on any atom is -0.330 e. The van der Waals surface area contributed by atoms with Gasteiger partial charge in [-0.25, -0.2) is 4.39 Å². The third-order valence-corrected chi connectivity index (χ3v) is 3.38. The lowest BCUT2D eigenvalue weighted by Crippen LogP contribution is -2.23. The smallest absolute Gasteiger partial charge is 0.330 e. The predicted octanol–water partition coefficient (Wildman–Crippen LogP) is 3.45. The van der Waals surface area contributed by atoms with Crippen LogP contribution in [0.5, 0.6) is 0 Å². The number of hydrogen-bond donors (Lipinski definition) is 1. The van der Waals surface area contributed by atoms with Crippen LogP contribution >= 0.6 is 0 Å². The van der Waals surface area contributed by atoms with Crippen molar-refractivity contribution in [3.63, 3.8) is 0 Å². The van der Waals surface area contributed by atoms with E-state index in [0.717, 1.165) is 6.07 Å². The van der Waals surface area contributed by atoms with Crippen LogP contribution in [0.2, 0.25) is 0 Å². The Hall–Kier alpha value is -1.10. The van der Waals surface area contributed by atoms with Crippen molar-refractivity contribution in [2.75, 3.05) is 6.54 Å². The van der Waals surface area contributed by atoms with Gasteiger partial charge in [-0.2, -0.15) is 13.2 Å². The summed E-state index contributed by atoms with van der Waals surface area (Å²) in [5.74, 6) is 0. The summed E-state index contributed by atoms with van der Waals surface area (Å²) in [6.07, 6.45) is -5.05. The van der Waals surface area contributed by atoms with E-state index >= 15 is 0 Å². The number of hydrogen-bond acceptors (Lipinski definition) is 1. The van der Waals surface area contributed by atoms with Gasteiger partial charge in [0.25, 0.3) is 0 Å². The molecule has 1 fully saturated rings. The largest absolute Gasteiger partial charge is 0.416 e. The van der Waals surface area contributed by atoms with Gasteiger partial charge in [-0.3, -0.25) is 0 Å². The molecule has 1 saturated carbocycles. The second kappa shape index (κ2) is 3.98. The van der Waals surface area contributed by atoms with Crippen LogP contribution in [0.1, 0.15) is 30.1 Å². The molecule has 0 saturated heterocycles. The number of alkyl halides is 4. The summed E-state index contributed by atoms with van der Waals surface area (Å²) in [5, 5.41) is 0. The number of halogens is 4. The molecule has 2 rings (SSSR count). The van der Waals surface area contributed by atoms with Gasteiger partial charge in [0, 0.05) is 12.0 Å². The van der Waals surface area contributed by atoms with Crippen LogP contribution in [0.25, 0.3) is 0 Å². The Bertz CT molecular complexity index is 409. The lowest BCUT2D eigenvalue weighted by molar-refractivity contribution is -0.139. The summed E-state index contributed by atoms with van der Waals surface area (Å²) in [7, 11) is 0. The Morgan fingerprint density at radius 1 is 1.24 bits per heavy atom. The summed E-state index contributed by atoms with van der Waals surface area (Å²) in [5.41, 5.74) is 3.48. The molecule has 1 atom stereocenters. The van der Waals surface area contributed by atoms with E-state index in [-0.39, 0.29) is 12.1 Å². The molecule has 17 heavy (non-hydrogen) atoms. The van der Waals surface area contributed by atoms with E-state index in [2.05, 4.69) is 0 Å². The van der Waals surface area contributed by atoms with Crippen molar-refractivity contribution in [3.05, 3.63) is 35.4 Å². The van der Waals surface area contributed by atoms with Gasteiger partial charge in [0.1, 0.15) is 6.17 Å². The molecule has 0 spiro atoms. The highest BCUT2D eigenvalue weighted by atomic mass is 19.4. The van der Waals surface area contributed by atoms with Crippen LogP contribution in [0, 0.1) is 5.41 Å². The molecule has 0 bridgehead atoms. The van der Waals surface area contributed by atoms with Crippen LogP contribution in [0.3, 0.4) is 0 Å². The van der Waals surface area contributed by atoms with Crippen molar-refractivity contribution in [1.29, 1.82) is 0 Å². The van der Waals surface area contributed by atoms with E-state index in [1.54, 1.807) is 0 Å². The molecule has 0 aromatic heterocycles. The van der Waals surface area contributed by atoms with E-state index in [4.69, 9.17) is 5.73 Å². The number of rotatable bonds is 3. The molecule has 1 aliphatic rings. The maximum Gasteiger partial charge on any atom is 0.416 e. The Morgan fingerprint density at radius 2 is 1.82 bits per heavy atom. The third-order valence-electron chi connectivity index (χ3n) is 3.38. The second-order valence-corrected chi connectivity index (χ2v) is 4.51. The van der Waals surface area contributed by atoms with Crippen molar-refractivity contribution in [2.45, 2.75) is 25.2 Å². The fraction of sp³-hybridized carbons (Fsp3) is 0.500. The van der Waals surface area contributed by atoms with E-state index in [0.29, 0.717) is 12.8 Å².